The van der Waals surface area contributed by atoms with Crippen LogP contribution in [-0.4, -0.2) is 51.5 Å². The highest BCUT2D eigenvalue weighted by Gasteiger charge is 2.33. The van der Waals surface area contributed by atoms with E-state index in [0.717, 1.165) is 16.6 Å². The molecule has 3 heterocycles. The Kier molecular flexibility index (Phi) is 6.06. The summed E-state index contributed by atoms with van der Waals surface area (Å²) in [6.07, 6.45) is 4.52. The fraction of sp³-hybridized carbons (Fsp3) is 0.409. The minimum absolute atomic E-state index is 0.121. The zero-order valence-corrected chi connectivity index (χ0v) is 18.5. The molecule has 0 aliphatic carbocycles. The first-order chi connectivity index (χ1) is 14.9. The van der Waals surface area contributed by atoms with E-state index in [1.165, 1.54) is 4.31 Å². The Balaban J connectivity index is 1.51. The molecule has 9 heteroatoms. The molecule has 164 valence electrons. The standard InChI is InChI=1S/C22H27N5O3S/c1-16(2)31(29,30)26-12-9-18(10-13-26)21(28)25-22-24-19-7-3-4-8-20(19)27(22)15-17-6-5-11-23-14-17/h3-8,11,14,16,18H,9-10,12-13,15H2,1-2H3,(H,24,25,28). The molecule has 31 heavy (non-hydrogen) atoms. The molecule has 1 aliphatic heterocycles. The first-order valence-corrected chi connectivity index (χ1v) is 12.0. The van der Waals surface area contributed by atoms with Crippen LogP contribution in [0, 0.1) is 5.92 Å². The molecule has 1 saturated heterocycles. The minimum atomic E-state index is -3.29. The molecule has 0 radical (unpaired) electrons. The van der Waals surface area contributed by atoms with Crippen molar-refractivity contribution in [3.05, 3.63) is 54.4 Å². The normalized spacial score (nSPS) is 16.1. The van der Waals surface area contributed by atoms with Gasteiger partial charge in [-0.25, -0.2) is 17.7 Å². The van der Waals surface area contributed by atoms with Crippen LogP contribution in [0.5, 0.6) is 0 Å². The van der Waals surface area contributed by atoms with Crippen LogP contribution in [-0.2, 0) is 21.4 Å². The summed E-state index contributed by atoms with van der Waals surface area (Å²) >= 11 is 0. The third-order valence-electron chi connectivity index (χ3n) is 5.73. The van der Waals surface area contributed by atoms with Gasteiger partial charge >= 0.3 is 0 Å². The zero-order chi connectivity index (χ0) is 22.0. The van der Waals surface area contributed by atoms with Crippen molar-refractivity contribution in [1.29, 1.82) is 0 Å². The predicted octanol–water partition coefficient (Wildman–Crippen LogP) is 2.87. The number of fused-ring (bicyclic) bond motifs is 1. The van der Waals surface area contributed by atoms with Crippen molar-refractivity contribution in [2.75, 3.05) is 18.4 Å². The van der Waals surface area contributed by atoms with E-state index >= 15 is 0 Å². The molecule has 1 N–H and O–H groups in total. The molecule has 1 fully saturated rings. The van der Waals surface area contributed by atoms with Crippen LogP contribution in [0.3, 0.4) is 0 Å². The number of hydrogen-bond donors (Lipinski definition) is 1. The molecule has 0 unspecified atom stereocenters. The highest BCUT2D eigenvalue weighted by atomic mass is 32.2. The van der Waals surface area contributed by atoms with E-state index in [-0.39, 0.29) is 11.8 Å². The van der Waals surface area contributed by atoms with E-state index in [1.54, 1.807) is 26.2 Å². The van der Waals surface area contributed by atoms with Crippen LogP contribution in [0.2, 0.25) is 0 Å². The summed E-state index contributed by atoms with van der Waals surface area (Å²) in [6, 6.07) is 11.6. The van der Waals surface area contributed by atoms with Crippen LogP contribution in [0.1, 0.15) is 32.3 Å². The highest BCUT2D eigenvalue weighted by molar-refractivity contribution is 7.89. The second kappa shape index (κ2) is 8.76. The largest absolute Gasteiger partial charge is 0.305 e. The van der Waals surface area contributed by atoms with Gasteiger partial charge in [-0.3, -0.25) is 15.1 Å². The van der Waals surface area contributed by atoms with Gasteiger partial charge in [0, 0.05) is 31.4 Å². The van der Waals surface area contributed by atoms with Gasteiger partial charge in [0.2, 0.25) is 21.9 Å². The van der Waals surface area contributed by atoms with Crippen LogP contribution < -0.4 is 5.32 Å². The number of amides is 1. The van der Waals surface area contributed by atoms with E-state index in [4.69, 9.17) is 0 Å². The summed E-state index contributed by atoms with van der Waals surface area (Å²) in [5.41, 5.74) is 2.74. The number of piperidine rings is 1. The number of benzene rings is 1. The summed E-state index contributed by atoms with van der Waals surface area (Å²) in [5, 5.41) is 2.54. The summed E-state index contributed by atoms with van der Waals surface area (Å²) in [7, 11) is -3.29. The predicted molar refractivity (Wildman–Crippen MR) is 120 cm³/mol. The molecule has 4 rings (SSSR count). The zero-order valence-electron chi connectivity index (χ0n) is 17.7. The molecule has 1 amide bonds. The maximum atomic E-state index is 13.0. The number of aromatic nitrogens is 3. The van der Waals surface area contributed by atoms with Crippen molar-refractivity contribution in [2.24, 2.45) is 5.92 Å². The number of imidazole rings is 1. The lowest BCUT2D eigenvalue weighted by atomic mass is 9.97. The average Bonchev–Trinajstić information content (AvgIpc) is 3.11. The van der Waals surface area contributed by atoms with Gasteiger partial charge in [-0.15, -0.1) is 0 Å². The fourth-order valence-electron chi connectivity index (χ4n) is 3.89. The topological polar surface area (TPSA) is 97.2 Å². The maximum Gasteiger partial charge on any atom is 0.229 e. The van der Waals surface area contributed by atoms with Crippen LogP contribution in [0.4, 0.5) is 5.95 Å². The molecule has 2 aromatic heterocycles. The van der Waals surface area contributed by atoms with Crippen LogP contribution >= 0.6 is 0 Å². The Bertz CT molecular complexity index is 1170. The molecule has 8 nitrogen and oxygen atoms in total. The second-order valence-corrected chi connectivity index (χ2v) is 10.6. The maximum absolute atomic E-state index is 13.0. The molecular formula is C22H27N5O3S. The van der Waals surface area contributed by atoms with E-state index in [9.17, 15) is 13.2 Å². The third kappa shape index (κ3) is 4.47. The summed E-state index contributed by atoms with van der Waals surface area (Å²) in [5.74, 6) is 0.127. The lowest BCUT2D eigenvalue weighted by molar-refractivity contribution is -0.121. The number of hydrogen-bond acceptors (Lipinski definition) is 5. The van der Waals surface area contributed by atoms with Gasteiger partial charge in [-0.1, -0.05) is 18.2 Å². The van der Waals surface area contributed by atoms with Gasteiger partial charge in [0.15, 0.2) is 0 Å². The lowest BCUT2D eigenvalue weighted by Crippen LogP contribution is -2.44. The van der Waals surface area contributed by atoms with E-state index in [1.807, 2.05) is 41.0 Å². The van der Waals surface area contributed by atoms with Gasteiger partial charge in [0.25, 0.3) is 0 Å². The molecular weight excluding hydrogens is 414 g/mol. The summed E-state index contributed by atoms with van der Waals surface area (Å²) in [4.78, 5) is 21.8. The van der Waals surface area contributed by atoms with Gasteiger partial charge in [-0.05, 0) is 50.5 Å². The second-order valence-electron chi connectivity index (χ2n) is 8.13. The number of rotatable bonds is 6. The number of para-hydroxylation sites is 2. The van der Waals surface area contributed by atoms with E-state index < -0.39 is 15.3 Å². The van der Waals surface area contributed by atoms with Gasteiger partial charge < -0.3 is 4.57 Å². The van der Waals surface area contributed by atoms with Crippen LogP contribution in [0.25, 0.3) is 11.0 Å². The first kappa shape index (κ1) is 21.5. The van der Waals surface area contributed by atoms with E-state index in [2.05, 4.69) is 15.3 Å². The van der Waals surface area contributed by atoms with Crippen molar-refractivity contribution < 1.29 is 13.2 Å². The number of sulfonamides is 1. The monoisotopic (exact) mass is 441 g/mol. The summed E-state index contributed by atoms with van der Waals surface area (Å²) in [6.45, 7) is 4.63. The van der Waals surface area contributed by atoms with Crippen molar-refractivity contribution in [3.8, 4) is 0 Å². The van der Waals surface area contributed by atoms with Crippen LogP contribution in [0.15, 0.2) is 48.8 Å². The fourth-order valence-corrected chi connectivity index (χ4v) is 5.20. The Hall–Kier alpha value is -2.78. The third-order valence-corrected chi connectivity index (χ3v) is 8.01. The molecule has 0 bridgehead atoms. The Labute approximate surface area is 182 Å². The number of carbonyl (C=O) groups excluding carboxylic acids is 1. The lowest BCUT2D eigenvalue weighted by Gasteiger charge is -2.31. The number of nitrogens with zero attached hydrogens (tertiary/aromatic N) is 4. The number of pyridine rings is 1. The molecule has 0 spiro atoms. The molecule has 0 atom stereocenters. The molecule has 1 aromatic carbocycles. The number of anilines is 1. The molecule has 0 saturated carbocycles. The van der Waals surface area contributed by atoms with Crippen molar-refractivity contribution in [2.45, 2.75) is 38.5 Å². The average molecular weight is 442 g/mol. The van der Waals surface area contributed by atoms with Gasteiger partial charge in [0.1, 0.15) is 0 Å². The van der Waals surface area contributed by atoms with Crippen molar-refractivity contribution >= 4 is 32.9 Å². The quantitative estimate of drug-likeness (QED) is 0.634. The van der Waals surface area contributed by atoms with Gasteiger partial charge in [-0.2, -0.15) is 0 Å². The Morgan fingerprint density at radius 1 is 1.16 bits per heavy atom. The summed E-state index contributed by atoms with van der Waals surface area (Å²) < 4.78 is 28.2. The SMILES string of the molecule is CC(C)S(=O)(=O)N1CCC(C(=O)Nc2nc3ccccc3n2Cc2cccnc2)CC1. The smallest absolute Gasteiger partial charge is 0.229 e. The molecule has 3 aromatic rings. The molecule has 1 aliphatic rings. The Morgan fingerprint density at radius 2 is 1.90 bits per heavy atom. The highest BCUT2D eigenvalue weighted by Crippen LogP contribution is 2.25. The number of nitrogens with one attached hydrogen (secondary N) is 1. The first-order valence-electron chi connectivity index (χ1n) is 10.5. The van der Waals surface area contributed by atoms with Crippen molar-refractivity contribution in [1.82, 2.24) is 18.8 Å². The number of carbonyl (C=O) groups is 1. The minimum Gasteiger partial charge on any atom is -0.305 e. The Morgan fingerprint density at radius 3 is 2.58 bits per heavy atom. The van der Waals surface area contributed by atoms with Crippen molar-refractivity contribution in [3.63, 3.8) is 0 Å². The van der Waals surface area contributed by atoms with Gasteiger partial charge in [0.05, 0.1) is 22.8 Å². The van der Waals surface area contributed by atoms with E-state index in [0.29, 0.717) is 38.4 Å².